The van der Waals surface area contributed by atoms with Crippen LogP contribution < -0.4 is 0 Å². The molecule has 2 atom stereocenters. The van der Waals surface area contributed by atoms with Gasteiger partial charge >= 0.3 is 12.2 Å². The molecule has 0 saturated carbocycles. The zero-order valence-corrected chi connectivity index (χ0v) is 30.0. The second-order valence-corrected chi connectivity index (χ2v) is 15.6. The Hall–Kier alpha value is -4.92. The first-order valence-corrected chi connectivity index (χ1v) is 17.8. The minimum absolute atomic E-state index is 0.0318. The average Bonchev–Trinajstić information content (AvgIpc) is 3.89. The number of aromatic nitrogens is 2. The maximum atomic E-state index is 13.0. The Morgan fingerprint density at radius 2 is 1.30 bits per heavy atom. The highest BCUT2D eigenvalue weighted by Gasteiger charge is 2.37. The number of H-pyrrole nitrogens is 1. The van der Waals surface area contributed by atoms with Crippen molar-refractivity contribution in [2.45, 2.75) is 96.9 Å². The lowest BCUT2D eigenvalue weighted by Gasteiger charge is -2.28. The summed E-state index contributed by atoms with van der Waals surface area (Å²) < 4.78 is 11.4. The van der Waals surface area contributed by atoms with Crippen molar-refractivity contribution >= 4 is 34.2 Å². The zero-order valence-electron chi connectivity index (χ0n) is 30.0. The topological polar surface area (TPSA) is 100 Å². The van der Waals surface area contributed by atoms with Crippen molar-refractivity contribution in [1.82, 2.24) is 19.8 Å². The summed E-state index contributed by atoms with van der Waals surface area (Å²) in [5, 5.41) is 2.35. The Morgan fingerprint density at radius 1 is 0.740 bits per heavy atom. The van der Waals surface area contributed by atoms with Crippen LogP contribution in [0.2, 0.25) is 0 Å². The lowest BCUT2D eigenvalue weighted by molar-refractivity contribution is 0.0216. The monoisotopic (exact) mass is 673 g/mol. The molecule has 7 rings (SSSR count). The molecule has 2 saturated heterocycles. The van der Waals surface area contributed by atoms with Crippen LogP contribution >= 0.6 is 0 Å². The van der Waals surface area contributed by atoms with Gasteiger partial charge in [-0.05, 0) is 106 Å². The fourth-order valence-electron chi connectivity index (χ4n) is 7.37. The van der Waals surface area contributed by atoms with Crippen molar-refractivity contribution in [3.05, 3.63) is 84.4 Å². The molecular weight excluding hydrogens is 626 g/mol. The first-order chi connectivity index (χ1) is 23.8. The van der Waals surface area contributed by atoms with Gasteiger partial charge in [0.2, 0.25) is 0 Å². The van der Waals surface area contributed by atoms with Gasteiger partial charge in [-0.2, -0.15) is 0 Å². The number of ether oxygens (including phenoxy) is 2. The number of carbonyl (C=O) groups is 2. The van der Waals surface area contributed by atoms with Gasteiger partial charge in [-0.25, -0.2) is 14.6 Å². The summed E-state index contributed by atoms with van der Waals surface area (Å²) in [6.07, 6.45) is 7.61. The molecule has 9 nitrogen and oxygen atoms in total. The van der Waals surface area contributed by atoms with E-state index in [1.54, 1.807) is 4.90 Å². The van der Waals surface area contributed by atoms with Crippen LogP contribution in [0.25, 0.3) is 38.7 Å². The summed E-state index contributed by atoms with van der Waals surface area (Å²) in [7, 11) is 0. The van der Waals surface area contributed by atoms with Gasteiger partial charge in [0.05, 0.1) is 24.0 Å². The molecule has 260 valence electrons. The second kappa shape index (κ2) is 13.1. The van der Waals surface area contributed by atoms with Crippen LogP contribution in [-0.2, 0) is 9.47 Å². The molecule has 0 aliphatic carbocycles. The quantitative estimate of drug-likeness (QED) is 0.227. The third kappa shape index (κ3) is 6.91. The first kappa shape index (κ1) is 33.6. The number of hydrogen-bond donors (Lipinski definition) is 1. The van der Waals surface area contributed by atoms with E-state index in [0.717, 1.165) is 65.2 Å². The van der Waals surface area contributed by atoms with E-state index in [1.165, 1.54) is 16.3 Å². The van der Waals surface area contributed by atoms with E-state index in [9.17, 15) is 9.59 Å². The van der Waals surface area contributed by atoms with Crippen molar-refractivity contribution in [2.24, 2.45) is 4.99 Å². The molecule has 0 bridgehead atoms. The molecule has 3 aliphatic rings. The number of nitrogens with zero attached hydrogens (tertiary/aromatic N) is 4. The highest BCUT2D eigenvalue weighted by molar-refractivity contribution is 6.08. The summed E-state index contributed by atoms with van der Waals surface area (Å²) >= 11 is 0. The number of allylic oxidation sites excluding steroid dienone is 1. The molecule has 1 N–H and O–H groups in total. The smallest absolute Gasteiger partial charge is 0.410 e. The van der Waals surface area contributed by atoms with E-state index >= 15 is 0 Å². The highest BCUT2D eigenvalue weighted by Crippen LogP contribution is 2.38. The van der Waals surface area contributed by atoms with Crippen molar-refractivity contribution in [2.75, 3.05) is 13.1 Å². The maximum Gasteiger partial charge on any atom is 0.410 e. The van der Waals surface area contributed by atoms with Crippen LogP contribution in [0.15, 0.2) is 78.1 Å². The minimum atomic E-state index is -0.542. The van der Waals surface area contributed by atoms with Crippen LogP contribution in [0.3, 0.4) is 0 Å². The van der Waals surface area contributed by atoms with E-state index in [1.807, 2.05) is 58.8 Å². The highest BCUT2D eigenvalue weighted by atomic mass is 16.6. The lowest BCUT2D eigenvalue weighted by atomic mass is 9.90. The van der Waals surface area contributed by atoms with E-state index in [4.69, 9.17) is 14.5 Å². The second-order valence-electron chi connectivity index (χ2n) is 15.6. The number of hydrogen-bond acceptors (Lipinski definition) is 6. The van der Waals surface area contributed by atoms with Gasteiger partial charge in [0, 0.05) is 31.4 Å². The number of rotatable bonds is 5. The van der Waals surface area contributed by atoms with Gasteiger partial charge in [0.25, 0.3) is 0 Å². The van der Waals surface area contributed by atoms with Gasteiger partial charge in [0.1, 0.15) is 17.0 Å². The summed E-state index contributed by atoms with van der Waals surface area (Å²) in [4.78, 5) is 42.5. The lowest BCUT2D eigenvalue weighted by Crippen LogP contribution is -2.43. The molecule has 50 heavy (non-hydrogen) atoms. The molecule has 9 heteroatoms. The number of aliphatic imine (C=N–C) groups is 1. The third-order valence-electron chi connectivity index (χ3n) is 9.59. The molecular formula is C41H47N5O4. The zero-order chi connectivity index (χ0) is 35.2. The van der Waals surface area contributed by atoms with Crippen LogP contribution in [0.1, 0.15) is 91.1 Å². The van der Waals surface area contributed by atoms with Gasteiger partial charge in [-0.15, -0.1) is 0 Å². The third-order valence-corrected chi connectivity index (χ3v) is 9.59. The van der Waals surface area contributed by atoms with Gasteiger partial charge in [0.15, 0.2) is 0 Å². The van der Waals surface area contributed by atoms with E-state index in [0.29, 0.717) is 19.5 Å². The Bertz CT molecular complexity index is 1980. The predicted molar refractivity (Wildman–Crippen MR) is 198 cm³/mol. The number of benzene rings is 3. The summed E-state index contributed by atoms with van der Waals surface area (Å²) in [5.41, 5.74) is 6.51. The number of imidazole rings is 1. The molecule has 2 fully saturated rings. The molecule has 0 spiro atoms. The van der Waals surface area contributed by atoms with Crippen LogP contribution in [-0.4, -0.2) is 68.0 Å². The minimum Gasteiger partial charge on any atom is -0.444 e. The van der Waals surface area contributed by atoms with Crippen LogP contribution in [0, 0.1) is 0 Å². The van der Waals surface area contributed by atoms with E-state index in [2.05, 4.69) is 70.6 Å². The fraction of sp³-hybridized carbons (Fsp3) is 0.415. The first-order valence-electron chi connectivity index (χ1n) is 17.8. The van der Waals surface area contributed by atoms with Crippen molar-refractivity contribution in [3.63, 3.8) is 0 Å². The largest absolute Gasteiger partial charge is 0.444 e. The Balaban J connectivity index is 1.08. The number of amides is 2. The van der Waals surface area contributed by atoms with Crippen LogP contribution in [0.4, 0.5) is 9.59 Å². The van der Waals surface area contributed by atoms with Gasteiger partial charge in [-0.3, -0.25) is 14.8 Å². The molecule has 4 aromatic rings. The molecule has 0 unspecified atom stereocenters. The van der Waals surface area contributed by atoms with Crippen molar-refractivity contribution in [3.8, 4) is 22.4 Å². The SMILES string of the molecule is CC(C)(C)OC(=O)N1CCC[C@H]1C1=NC=C(c2ccc(-c3ccc(-c4cnc([C@@H]5CCCN5C(=O)OC(C)(C)C)[nH]4)cc3)c3ccccc23)C1. The average molecular weight is 674 g/mol. The van der Waals surface area contributed by atoms with Crippen LogP contribution in [0.5, 0.6) is 0 Å². The molecule has 4 heterocycles. The number of nitrogens with one attached hydrogen (secondary N) is 1. The molecule has 3 aromatic carbocycles. The summed E-state index contributed by atoms with van der Waals surface area (Å²) in [6, 6.07) is 21.3. The van der Waals surface area contributed by atoms with Crippen molar-refractivity contribution < 1.29 is 19.1 Å². The summed E-state index contributed by atoms with van der Waals surface area (Å²) in [5.74, 6) is 0.785. The standard InChI is InChI=1S/C41H47N5O4/c1-40(2,3)49-38(47)45-21-9-13-35(45)33-23-28(24-42-33)30-20-19-29(31-11-7-8-12-32(30)31)26-15-17-27(18-16-26)34-25-43-37(44-34)36-14-10-22-46(36)39(48)50-41(4,5)6/h7-8,11-12,15-20,24-25,35-36H,9-10,13-14,21-23H2,1-6H3,(H,43,44)/t35-,36-/m0/s1. The number of aromatic amines is 1. The Morgan fingerprint density at radius 3 is 1.94 bits per heavy atom. The van der Waals surface area contributed by atoms with Gasteiger partial charge < -0.3 is 14.5 Å². The van der Waals surface area contributed by atoms with E-state index in [-0.39, 0.29) is 24.3 Å². The van der Waals surface area contributed by atoms with Crippen molar-refractivity contribution in [1.29, 1.82) is 0 Å². The normalized spacial score (nSPS) is 19.6. The van der Waals surface area contributed by atoms with Gasteiger partial charge in [-0.1, -0.05) is 60.7 Å². The summed E-state index contributed by atoms with van der Waals surface area (Å²) in [6.45, 7) is 12.7. The number of likely N-dealkylation sites (tertiary alicyclic amines) is 2. The van der Waals surface area contributed by atoms with E-state index < -0.39 is 11.2 Å². The molecule has 0 radical (unpaired) electrons. The maximum absolute atomic E-state index is 13.0. The Labute approximate surface area is 294 Å². The Kier molecular flexibility index (Phi) is 8.78. The molecule has 3 aliphatic heterocycles. The molecule has 2 amide bonds. The molecule has 1 aromatic heterocycles. The number of fused-ring (bicyclic) bond motifs is 1. The predicted octanol–water partition coefficient (Wildman–Crippen LogP) is 9.55. The fourth-order valence-corrected chi connectivity index (χ4v) is 7.37. The number of carbonyl (C=O) groups excluding carboxylic acids is 2.